The van der Waals surface area contributed by atoms with E-state index in [0.717, 1.165) is 77.0 Å². The van der Waals surface area contributed by atoms with Gasteiger partial charge in [-0.15, -0.1) is 0 Å². The Balaban J connectivity index is 3.57. The van der Waals surface area contributed by atoms with Gasteiger partial charge in [0.25, 0.3) is 0 Å². The fourth-order valence-electron chi connectivity index (χ4n) is 6.41. The number of hydrogen-bond donors (Lipinski definition) is 1. The average Bonchev–Trinajstić information content (AvgIpc) is 3.17. The first-order chi connectivity index (χ1) is 26.6. The fraction of sp³-hybridized carbons (Fsp3) is 0.755. The van der Waals surface area contributed by atoms with Crippen molar-refractivity contribution in [3.8, 4) is 0 Å². The van der Waals surface area contributed by atoms with Gasteiger partial charge in [-0.3, -0.25) is 9.59 Å². The van der Waals surface area contributed by atoms with Gasteiger partial charge in [0.2, 0.25) is 0 Å². The number of carbonyl (C=O) groups excluding carboxylic acids is 2. The van der Waals surface area contributed by atoms with Crippen LogP contribution in [-0.4, -0.2) is 36.4 Å². The molecule has 0 radical (unpaired) electrons. The van der Waals surface area contributed by atoms with Crippen molar-refractivity contribution in [2.24, 2.45) is 0 Å². The predicted octanol–water partition coefficient (Wildman–Crippen LogP) is 14.7. The molecule has 0 rings (SSSR count). The summed E-state index contributed by atoms with van der Waals surface area (Å²) in [6, 6.07) is 0. The lowest BCUT2D eigenvalue weighted by Gasteiger charge is -2.15. The smallest absolute Gasteiger partial charge is 0.306 e. The number of esters is 2. The maximum atomic E-state index is 12.2. The number of unbranched alkanes of at least 4 members (excludes halogenated alkanes) is 23. The van der Waals surface area contributed by atoms with E-state index in [9.17, 15) is 14.7 Å². The van der Waals surface area contributed by atoms with Crippen LogP contribution < -0.4 is 0 Å². The van der Waals surface area contributed by atoms with Gasteiger partial charge in [-0.25, -0.2) is 0 Å². The second-order valence-corrected chi connectivity index (χ2v) is 15.1. The molecule has 5 heteroatoms. The van der Waals surface area contributed by atoms with Crippen LogP contribution >= 0.6 is 0 Å². The van der Waals surface area contributed by atoms with Crippen LogP contribution in [0.15, 0.2) is 60.8 Å². The summed E-state index contributed by atoms with van der Waals surface area (Å²) < 4.78 is 10.6. The Hall–Kier alpha value is -2.40. The highest BCUT2D eigenvalue weighted by molar-refractivity contribution is 5.70. The second-order valence-electron chi connectivity index (χ2n) is 15.1. The van der Waals surface area contributed by atoms with Gasteiger partial charge in [-0.05, 0) is 57.8 Å². The SMILES string of the molecule is CCC=CCC=CCC=CCC=CCC=CCCCCCC(=O)OCC(CO)OC(=O)CCCCCCCCCCCCCCCCCCCCCCC. The highest BCUT2D eigenvalue weighted by Gasteiger charge is 2.16. The minimum absolute atomic E-state index is 0.0829. The van der Waals surface area contributed by atoms with Crippen molar-refractivity contribution in [2.45, 2.75) is 225 Å². The predicted molar refractivity (Wildman–Crippen MR) is 233 cm³/mol. The third-order valence-electron chi connectivity index (χ3n) is 9.83. The van der Waals surface area contributed by atoms with Crippen molar-refractivity contribution in [3.63, 3.8) is 0 Å². The highest BCUT2D eigenvalue weighted by Crippen LogP contribution is 2.16. The number of aliphatic hydroxyl groups is 1. The molecule has 0 saturated carbocycles. The third kappa shape index (κ3) is 42.3. The van der Waals surface area contributed by atoms with Gasteiger partial charge in [0, 0.05) is 12.8 Å². The van der Waals surface area contributed by atoms with E-state index in [0.29, 0.717) is 12.8 Å². The first kappa shape index (κ1) is 51.6. The molecule has 1 atom stereocenters. The molecule has 54 heavy (non-hydrogen) atoms. The van der Waals surface area contributed by atoms with Crippen LogP contribution in [0.4, 0.5) is 0 Å². The molecular formula is C49H86O5. The summed E-state index contributed by atoms with van der Waals surface area (Å²) in [6.45, 7) is 4.01. The van der Waals surface area contributed by atoms with Gasteiger partial charge in [0.15, 0.2) is 6.10 Å². The minimum atomic E-state index is -0.785. The number of ether oxygens (including phenoxy) is 2. The second kappa shape index (κ2) is 45.0. The first-order valence-electron chi connectivity index (χ1n) is 22.8. The van der Waals surface area contributed by atoms with E-state index < -0.39 is 6.10 Å². The van der Waals surface area contributed by atoms with Crippen LogP contribution in [0.5, 0.6) is 0 Å². The molecule has 0 bridgehead atoms. The van der Waals surface area contributed by atoms with E-state index in [1.165, 1.54) is 116 Å². The molecule has 0 aliphatic heterocycles. The van der Waals surface area contributed by atoms with Crippen molar-refractivity contribution < 1.29 is 24.2 Å². The van der Waals surface area contributed by atoms with Crippen LogP contribution in [0.3, 0.4) is 0 Å². The van der Waals surface area contributed by atoms with Crippen molar-refractivity contribution in [3.05, 3.63) is 60.8 Å². The standard InChI is InChI=1S/C49H86O5/c1-3-5-7-9-11-13-15-17-19-21-23-24-26-28-30-32-34-36-38-40-42-44-49(52)54-47(45-50)46-53-48(51)43-41-39-37-35-33-31-29-27-25-22-20-18-16-14-12-10-8-6-4-2/h6,8,12,14,18,20,25,27,31,33,47,50H,3-5,7,9-11,13,15-17,19,21-24,26,28-30,32,34-46H2,1-2H3. The number of aliphatic hydroxyl groups excluding tert-OH is 1. The van der Waals surface area contributed by atoms with Gasteiger partial charge in [-0.2, -0.15) is 0 Å². The molecule has 0 aromatic rings. The topological polar surface area (TPSA) is 72.8 Å². The number of rotatable bonds is 41. The molecule has 0 amide bonds. The largest absolute Gasteiger partial charge is 0.462 e. The van der Waals surface area contributed by atoms with E-state index in [1.807, 2.05) is 0 Å². The molecule has 5 nitrogen and oxygen atoms in total. The summed E-state index contributed by atoms with van der Waals surface area (Å²) in [6.07, 6.45) is 58.7. The molecule has 0 aromatic carbocycles. The third-order valence-corrected chi connectivity index (χ3v) is 9.83. The van der Waals surface area contributed by atoms with Crippen LogP contribution in [0, 0.1) is 0 Å². The normalized spacial score (nSPS) is 12.7. The van der Waals surface area contributed by atoms with Crippen LogP contribution in [0.1, 0.15) is 219 Å². The van der Waals surface area contributed by atoms with Gasteiger partial charge >= 0.3 is 11.9 Å². The lowest BCUT2D eigenvalue weighted by Crippen LogP contribution is -2.28. The molecule has 0 heterocycles. The Labute approximate surface area is 334 Å². The van der Waals surface area contributed by atoms with Crippen LogP contribution in [0.2, 0.25) is 0 Å². The Morgan fingerprint density at radius 1 is 0.444 bits per heavy atom. The van der Waals surface area contributed by atoms with Crippen molar-refractivity contribution in [1.82, 2.24) is 0 Å². The van der Waals surface area contributed by atoms with Crippen LogP contribution in [-0.2, 0) is 19.1 Å². The molecule has 312 valence electrons. The quantitative estimate of drug-likeness (QED) is 0.0382. The lowest BCUT2D eigenvalue weighted by molar-refractivity contribution is -0.161. The fourth-order valence-corrected chi connectivity index (χ4v) is 6.41. The Kier molecular flexibility index (Phi) is 43.0. The van der Waals surface area contributed by atoms with E-state index in [-0.39, 0.29) is 25.2 Å². The number of carbonyl (C=O) groups is 2. The van der Waals surface area contributed by atoms with E-state index >= 15 is 0 Å². The van der Waals surface area contributed by atoms with Gasteiger partial charge in [0.1, 0.15) is 6.61 Å². The number of hydrogen-bond acceptors (Lipinski definition) is 5. The van der Waals surface area contributed by atoms with Gasteiger partial charge in [-0.1, -0.05) is 209 Å². The Morgan fingerprint density at radius 2 is 0.796 bits per heavy atom. The summed E-state index contributed by atoms with van der Waals surface area (Å²) in [5.74, 6) is -0.623. The van der Waals surface area contributed by atoms with E-state index in [1.54, 1.807) is 0 Å². The molecule has 0 fully saturated rings. The molecule has 0 aromatic heterocycles. The number of allylic oxidation sites excluding steroid dienone is 10. The molecule has 0 aliphatic carbocycles. The van der Waals surface area contributed by atoms with E-state index in [4.69, 9.17) is 9.47 Å². The molecule has 0 aliphatic rings. The maximum absolute atomic E-state index is 12.2. The van der Waals surface area contributed by atoms with Crippen molar-refractivity contribution in [1.29, 1.82) is 0 Å². The zero-order chi connectivity index (χ0) is 39.3. The summed E-state index contributed by atoms with van der Waals surface area (Å²) in [7, 11) is 0. The monoisotopic (exact) mass is 755 g/mol. The molecule has 1 unspecified atom stereocenters. The summed E-state index contributed by atoms with van der Waals surface area (Å²) in [4.78, 5) is 24.4. The summed E-state index contributed by atoms with van der Waals surface area (Å²) in [5, 5.41) is 9.59. The lowest BCUT2D eigenvalue weighted by atomic mass is 10.0. The summed E-state index contributed by atoms with van der Waals surface area (Å²) >= 11 is 0. The van der Waals surface area contributed by atoms with Gasteiger partial charge in [0.05, 0.1) is 6.61 Å². The zero-order valence-electron chi connectivity index (χ0n) is 35.5. The highest BCUT2D eigenvalue weighted by atomic mass is 16.6. The first-order valence-corrected chi connectivity index (χ1v) is 22.8. The molecule has 0 spiro atoms. The zero-order valence-corrected chi connectivity index (χ0v) is 35.5. The maximum Gasteiger partial charge on any atom is 0.306 e. The Morgan fingerprint density at radius 3 is 1.20 bits per heavy atom. The van der Waals surface area contributed by atoms with Crippen LogP contribution in [0.25, 0.3) is 0 Å². The molecular weight excluding hydrogens is 669 g/mol. The van der Waals surface area contributed by atoms with Crippen molar-refractivity contribution in [2.75, 3.05) is 13.2 Å². The minimum Gasteiger partial charge on any atom is -0.462 e. The molecule has 1 N–H and O–H groups in total. The summed E-state index contributed by atoms with van der Waals surface area (Å²) in [5.41, 5.74) is 0. The Bertz CT molecular complexity index is 946. The molecule has 0 saturated heterocycles. The average molecular weight is 755 g/mol. The van der Waals surface area contributed by atoms with E-state index in [2.05, 4.69) is 74.6 Å². The van der Waals surface area contributed by atoms with Crippen molar-refractivity contribution >= 4 is 11.9 Å². The van der Waals surface area contributed by atoms with Gasteiger partial charge < -0.3 is 14.6 Å².